The predicted molar refractivity (Wildman–Crippen MR) is 99.1 cm³/mol. The van der Waals surface area contributed by atoms with Crippen molar-refractivity contribution in [1.82, 2.24) is 29.9 Å². The summed E-state index contributed by atoms with van der Waals surface area (Å²) in [6.45, 7) is 0. The summed E-state index contributed by atoms with van der Waals surface area (Å²) in [5.41, 5.74) is 5.27. The van der Waals surface area contributed by atoms with Gasteiger partial charge >= 0.3 is 0 Å². The topological polar surface area (TPSA) is 77.3 Å². The molecule has 26 heavy (non-hydrogen) atoms. The van der Waals surface area contributed by atoms with E-state index in [0.717, 1.165) is 22.4 Å². The Morgan fingerprint density at radius 3 is 1.35 bits per heavy atom. The summed E-state index contributed by atoms with van der Waals surface area (Å²) in [6, 6.07) is 19.1. The zero-order valence-corrected chi connectivity index (χ0v) is 13.6. The molecule has 0 bridgehead atoms. The van der Waals surface area contributed by atoms with Gasteiger partial charge in [-0.3, -0.25) is 9.97 Å². The van der Waals surface area contributed by atoms with Crippen molar-refractivity contribution in [3.63, 3.8) is 0 Å². The molecule has 0 radical (unpaired) electrons. The van der Waals surface area contributed by atoms with E-state index in [1.165, 1.54) is 0 Å². The van der Waals surface area contributed by atoms with Gasteiger partial charge in [0.15, 0.2) is 11.3 Å². The van der Waals surface area contributed by atoms with Gasteiger partial charge in [-0.15, -0.1) is 0 Å². The van der Waals surface area contributed by atoms with Crippen molar-refractivity contribution in [2.45, 2.75) is 0 Å². The van der Waals surface area contributed by atoms with E-state index in [4.69, 9.17) is 9.97 Å². The van der Waals surface area contributed by atoms with Gasteiger partial charge in [0.05, 0.1) is 22.4 Å². The fraction of sp³-hybridized carbons (Fsp3) is 0. The molecule has 122 valence electrons. The Labute approximate surface area is 148 Å². The van der Waals surface area contributed by atoms with Crippen molar-refractivity contribution in [3.8, 4) is 22.8 Å². The van der Waals surface area contributed by atoms with Gasteiger partial charge in [0, 0.05) is 12.4 Å². The molecule has 0 unspecified atom stereocenters. The third kappa shape index (κ3) is 2.44. The van der Waals surface area contributed by atoms with Crippen LogP contribution in [-0.2, 0) is 0 Å². The van der Waals surface area contributed by atoms with Crippen LogP contribution in [0.15, 0.2) is 73.1 Å². The van der Waals surface area contributed by atoms with E-state index >= 15 is 0 Å². The minimum absolute atomic E-state index is 0.490. The molecule has 5 rings (SSSR count). The molecule has 0 spiro atoms. The second kappa shape index (κ2) is 5.93. The van der Waals surface area contributed by atoms with Crippen molar-refractivity contribution in [3.05, 3.63) is 73.1 Å². The molecule has 0 aliphatic rings. The molecule has 0 atom stereocenters. The fourth-order valence-corrected chi connectivity index (χ4v) is 2.81. The van der Waals surface area contributed by atoms with Crippen molar-refractivity contribution in [2.24, 2.45) is 0 Å². The maximum absolute atomic E-state index is 4.73. The maximum Gasteiger partial charge on any atom is 0.199 e. The average molecular weight is 336 g/mol. The van der Waals surface area contributed by atoms with Crippen LogP contribution in [0.5, 0.6) is 0 Å². The highest BCUT2D eigenvalue weighted by Gasteiger charge is 2.16. The number of pyridine rings is 2. The van der Waals surface area contributed by atoms with Crippen LogP contribution < -0.4 is 0 Å². The first-order valence-electron chi connectivity index (χ1n) is 8.16. The molecule has 1 aromatic carbocycles. The second-order valence-electron chi connectivity index (χ2n) is 5.71. The summed E-state index contributed by atoms with van der Waals surface area (Å²) in [5.74, 6) is 0. The lowest BCUT2D eigenvalue weighted by atomic mass is 10.1. The summed E-state index contributed by atoms with van der Waals surface area (Å²) in [7, 11) is 0. The first kappa shape index (κ1) is 14.5. The fourth-order valence-electron chi connectivity index (χ4n) is 2.81. The number of para-hydroxylation sites is 2. The van der Waals surface area contributed by atoms with E-state index in [9.17, 15) is 0 Å². The van der Waals surface area contributed by atoms with Crippen molar-refractivity contribution >= 4 is 22.3 Å². The number of rotatable bonds is 2. The van der Waals surface area contributed by atoms with Crippen LogP contribution in [0, 0.1) is 0 Å². The quantitative estimate of drug-likeness (QED) is 0.457. The Balaban J connectivity index is 1.86. The van der Waals surface area contributed by atoms with Gasteiger partial charge in [0.2, 0.25) is 0 Å². The highest BCUT2D eigenvalue weighted by atomic mass is 15.0. The van der Waals surface area contributed by atoms with Gasteiger partial charge in [-0.25, -0.2) is 19.9 Å². The largest absolute Gasteiger partial charge is 0.255 e. The number of aromatic nitrogens is 6. The van der Waals surface area contributed by atoms with Crippen molar-refractivity contribution in [1.29, 1.82) is 0 Å². The molecule has 0 aliphatic heterocycles. The van der Waals surface area contributed by atoms with Crippen LogP contribution in [0.4, 0.5) is 0 Å². The lowest BCUT2D eigenvalue weighted by Gasteiger charge is -2.09. The molecular formula is C20H12N6. The zero-order chi connectivity index (χ0) is 17.3. The first-order chi connectivity index (χ1) is 12.9. The molecule has 0 N–H and O–H groups in total. The molecule has 5 aromatic rings. The van der Waals surface area contributed by atoms with E-state index in [-0.39, 0.29) is 0 Å². The Morgan fingerprint density at radius 2 is 0.923 bits per heavy atom. The summed E-state index contributed by atoms with van der Waals surface area (Å²) < 4.78 is 0. The lowest BCUT2D eigenvalue weighted by Crippen LogP contribution is -2.01. The van der Waals surface area contributed by atoms with Crippen molar-refractivity contribution < 1.29 is 0 Å². The minimum atomic E-state index is 0.490. The second-order valence-corrected chi connectivity index (χ2v) is 5.71. The van der Waals surface area contributed by atoms with E-state index < -0.39 is 0 Å². The van der Waals surface area contributed by atoms with Gasteiger partial charge in [-0.05, 0) is 36.4 Å². The molecule has 6 nitrogen and oxygen atoms in total. The third-order valence-electron chi connectivity index (χ3n) is 4.01. The number of fused-ring (bicyclic) bond motifs is 2. The number of nitrogens with zero attached hydrogens (tertiary/aromatic N) is 6. The molecular weight excluding hydrogens is 324 g/mol. The number of benzene rings is 1. The third-order valence-corrected chi connectivity index (χ3v) is 4.01. The van der Waals surface area contributed by atoms with Crippen LogP contribution in [0.2, 0.25) is 0 Å². The highest BCUT2D eigenvalue weighted by molar-refractivity contribution is 5.86. The number of hydrogen-bond donors (Lipinski definition) is 0. The highest BCUT2D eigenvalue weighted by Crippen LogP contribution is 2.28. The molecule has 4 heterocycles. The van der Waals surface area contributed by atoms with Crippen molar-refractivity contribution in [2.75, 3.05) is 0 Å². The Hall–Kier alpha value is -3.80. The van der Waals surface area contributed by atoms with E-state index in [2.05, 4.69) is 19.9 Å². The Kier molecular flexibility index (Phi) is 3.31. The van der Waals surface area contributed by atoms with Gasteiger partial charge in [-0.1, -0.05) is 24.3 Å². The molecule has 0 aliphatic carbocycles. The zero-order valence-electron chi connectivity index (χ0n) is 13.6. The smallest absolute Gasteiger partial charge is 0.199 e. The normalized spacial score (nSPS) is 11.1. The Morgan fingerprint density at radius 1 is 0.462 bits per heavy atom. The SMILES string of the molecule is c1ccc(-c2nc3nc4ccccc4nc3nc2-c2ccccn2)nc1. The molecule has 0 fully saturated rings. The van der Waals surface area contributed by atoms with E-state index in [1.807, 2.05) is 60.7 Å². The van der Waals surface area contributed by atoms with Crippen LogP contribution in [0.1, 0.15) is 0 Å². The van der Waals surface area contributed by atoms with Gasteiger partial charge in [0.1, 0.15) is 11.4 Å². The van der Waals surface area contributed by atoms with Gasteiger partial charge in [-0.2, -0.15) is 0 Å². The molecule has 0 saturated heterocycles. The van der Waals surface area contributed by atoms with E-state index in [1.54, 1.807) is 12.4 Å². The van der Waals surface area contributed by atoms with Crippen LogP contribution >= 0.6 is 0 Å². The maximum atomic E-state index is 4.73. The first-order valence-corrected chi connectivity index (χ1v) is 8.16. The van der Waals surface area contributed by atoms with Crippen LogP contribution in [0.3, 0.4) is 0 Å². The predicted octanol–water partition coefficient (Wildman–Crippen LogP) is 3.70. The summed E-state index contributed by atoms with van der Waals surface area (Å²) >= 11 is 0. The van der Waals surface area contributed by atoms with Gasteiger partial charge in [0.25, 0.3) is 0 Å². The van der Waals surface area contributed by atoms with Gasteiger partial charge < -0.3 is 0 Å². The molecule has 4 aromatic heterocycles. The minimum Gasteiger partial charge on any atom is -0.255 e. The molecule has 0 amide bonds. The summed E-state index contributed by atoms with van der Waals surface area (Å²) in [5, 5.41) is 0. The average Bonchev–Trinajstić information content (AvgIpc) is 2.72. The lowest BCUT2D eigenvalue weighted by molar-refractivity contribution is 1.16. The monoisotopic (exact) mass is 336 g/mol. The molecule has 0 saturated carbocycles. The summed E-state index contributed by atoms with van der Waals surface area (Å²) in [6.07, 6.45) is 3.46. The molecule has 6 heteroatoms. The van der Waals surface area contributed by atoms with E-state index in [0.29, 0.717) is 22.7 Å². The number of hydrogen-bond acceptors (Lipinski definition) is 6. The van der Waals surface area contributed by atoms with Crippen LogP contribution in [0.25, 0.3) is 45.1 Å². The Bertz CT molecular complexity index is 1130. The summed E-state index contributed by atoms with van der Waals surface area (Å²) in [4.78, 5) is 27.5. The standard InChI is InChI=1S/C20H12N6/c1-2-8-14-13(7-1)23-19-20(24-14)26-18(16-10-4-6-12-22-16)17(25-19)15-9-3-5-11-21-15/h1-12H. The van der Waals surface area contributed by atoms with Crippen LogP contribution in [-0.4, -0.2) is 29.9 Å².